The number of aromatic nitrogens is 1. The number of aliphatic hydroxyl groups excluding tert-OH is 1. The molecule has 1 saturated heterocycles. The molecule has 30 heavy (non-hydrogen) atoms. The lowest BCUT2D eigenvalue weighted by atomic mass is 10.1. The minimum atomic E-state index is -4.52. The molecule has 162 valence electrons. The van der Waals surface area contributed by atoms with Crippen LogP contribution in [0, 0.1) is 11.3 Å². The Hall–Kier alpha value is -2.23. The first-order valence-electron chi connectivity index (χ1n) is 8.41. The Morgan fingerprint density at radius 3 is 2.50 bits per heavy atom. The summed E-state index contributed by atoms with van der Waals surface area (Å²) in [6, 6.07) is 7.31. The summed E-state index contributed by atoms with van der Waals surface area (Å²) in [6.45, 7) is -0.254. The second kappa shape index (κ2) is 9.72. The normalized spacial score (nSPS) is 20.2. The molecule has 2 unspecified atom stereocenters. The number of hydrogen-bond acceptors (Lipinski definition) is 6. The zero-order chi connectivity index (χ0) is 22.5. The lowest BCUT2D eigenvalue weighted by Gasteiger charge is -2.20. The molecule has 12 heteroatoms. The maximum absolute atomic E-state index is 12.5. The van der Waals surface area contributed by atoms with Crippen LogP contribution in [0.2, 0.25) is 5.02 Å². The van der Waals surface area contributed by atoms with Gasteiger partial charge in [0.25, 0.3) is 0 Å². The van der Waals surface area contributed by atoms with Gasteiger partial charge in [0.05, 0.1) is 28.3 Å². The highest BCUT2D eigenvalue weighted by Crippen LogP contribution is 2.34. The van der Waals surface area contributed by atoms with Crippen LogP contribution in [0.3, 0.4) is 0 Å². The molecule has 0 aliphatic carbocycles. The maximum atomic E-state index is 12.5. The summed E-state index contributed by atoms with van der Waals surface area (Å²) in [5, 5.41) is 35.6. The van der Waals surface area contributed by atoms with E-state index in [2.05, 4.69) is 4.98 Å². The van der Waals surface area contributed by atoms with Gasteiger partial charge >= 0.3 is 6.18 Å². The van der Waals surface area contributed by atoms with Gasteiger partial charge < -0.3 is 15.3 Å². The number of aliphatic hydroxyl groups is 2. The van der Waals surface area contributed by atoms with E-state index in [1.165, 1.54) is 22.6 Å². The number of hydrogen-bond donors (Lipinski definition) is 3. The van der Waals surface area contributed by atoms with Crippen molar-refractivity contribution in [3.63, 3.8) is 0 Å². The Balaban J connectivity index is 0.000000297. The van der Waals surface area contributed by atoms with Crippen LogP contribution >= 0.6 is 11.6 Å². The Labute approximate surface area is 177 Å². The SMILES string of the molecule is N#Cc1ccc(O)cn1.O=S(c1ccc(C(F)(F)F)cc1Cl)N1CCC(O)(CO)C1. The van der Waals surface area contributed by atoms with Crippen molar-refractivity contribution in [2.24, 2.45) is 0 Å². The molecule has 1 aliphatic heterocycles. The summed E-state index contributed by atoms with van der Waals surface area (Å²) in [5.41, 5.74) is -1.94. The molecule has 7 nitrogen and oxygen atoms in total. The van der Waals surface area contributed by atoms with Crippen molar-refractivity contribution in [2.75, 3.05) is 19.7 Å². The number of β-amino-alcohol motifs (C(OH)–C–C–N with tert-alkyl or cyclic N) is 1. The summed E-state index contributed by atoms with van der Waals surface area (Å²) in [7, 11) is -1.79. The molecule has 3 N–H and O–H groups in total. The van der Waals surface area contributed by atoms with Crippen molar-refractivity contribution in [1.82, 2.24) is 9.29 Å². The van der Waals surface area contributed by atoms with Crippen LogP contribution in [-0.2, 0) is 17.2 Å². The van der Waals surface area contributed by atoms with E-state index in [1.807, 2.05) is 6.07 Å². The van der Waals surface area contributed by atoms with E-state index in [4.69, 9.17) is 27.1 Å². The van der Waals surface area contributed by atoms with Gasteiger partial charge in [-0.3, -0.25) is 0 Å². The zero-order valence-corrected chi connectivity index (χ0v) is 16.9. The van der Waals surface area contributed by atoms with E-state index in [0.717, 1.165) is 18.2 Å². The first kappa shape index (κ1) is 24.0. The van der Waals surface area contributed by atoms with Crippen molar-refractivity contribution in [2.45, 2.75) is 23.1 Å². The molecule has 1 aromatic heterocycles. The molecule has 2 heterocycles. The molecule has 2 atom stereocenters. The molecule has 3 rings (SSSR count). The van der Waals surface area contributed by atoms with Gasteiger partial charge in [-0.15, -0.1) is 0 Å². The van der Waals surface area contributed by atoms with Crippen LogP contribution in [0.4, 0.5) is 13.2 Å². The number of benzene rings is 1. The van der Waals surface area contributed by atoms with E-state index < -0.39 is 34.9 Å². The van der Waals surface area contributed by atoms with E-state index >= 15 is 0 Å². The monoisotopic (exact) mass is 463 g/mol. The number of nitriles is 1. The highest BCUT2D eigenvalue weighted by atomic mass is 35.5. The molecule has 0 bridgehead atoms. The van der Waals surface area contributed by atoms with Crippen molar-refractivity contribution in [3.8, 4) is 11.8 Å². The number of halogens is 4. The number of pyridine rings is 1. The fraction of sp³-hybridized carbons (Fsp3) is 0.333. The van der Waals surface area contributed by atoms with Gasteiger partial charge in [-0.2, -0.15) is 18.4 Å². The quantitative estimate of drug-likeness (QED) is 0.643. The van der Waals surface area contributed by atoms with Gasteiger partial charge in [-0.05, 0) is 36.8 Å². The molecule has 0 radical (unpaired) electrons. The molecule has 1 fully saturated rings. The fourth-order valence-electron chi connectivity index (χ4n) is 2.50. The minimum Gasteiger partial charge on any atom is -0.506 e. The Morgan fingerprint density at radius 1 is 1.33 bits per heavy atom. The number of nitrogens with zero attached hydrogens (tertiary/aromatic N) is 3. The van der Waals surface area contributed by atoms with Gasteiger partial charge in [0.1, 0.15) is 34.1 Å². The number of aromatic hydroxyl groups is 1. The van der Waals surface area contributed by atoms with Crippen LogP contribution in [0.1, 0.15) is 17.7 Å². The highest BCUT2D eigenvalue weighted by Gasteiger charge is 2.39. The van der Waals surface area contributed by atoms with E-state index in [0.29, 0.717) is 5.69 Å². The summed E-state index contributed by atoms with van der Waals surface area (Å²) < 4.78 is 51.3. The molecular formula is C18H17ClF3N3O4S. The van der Waals surface area contributed by atoms with E-state index in [1.54, 1.807) is 0 Å². The fourth-order valence-corrected chi connectivity index (χ4v) is 4.18. The predicted octanol–water partition coefficient (Wildman–Crippen LogP) is 2.47. The third-order valence-electron chi connectivity index (χ3n) is 4.14. The Bertz CT molecular complexity index is 953. The molecular weight excluding hydrogens is 447 g/mol. The first-order chi connectivity index (χ1) is 14.0. The molecule has 1 aliphatic rings. The van der Waals surface area contributed by atoms with Crippen molar-refractivity contribution in [3.05, 3.63) is 52.8 Å². The van der Waals surface area contributed by atoms with Gasteiger partial charge in [0, 0.05) is 13.1 Å². The van der Waals surface area contributed by atoms with E-state index in [-0.39, 0.29) is 35.2 Å². The minimum absolute atomic E-state index is 0.0343. The molecule has 1 aromatic carbocycles. The summed E-state index contributed by atoms with van der Waals surface area (Å²) >= 11 is 5.78. The van der Waals surface area contributed by atoms with Gasteiger partial charge in [-0.1, -0.05) is 11.6 Å². The number of alkyl halides is 3. The number of rotatable bonds is 3. The van der Waals surface area contributed by atoms with Crippen molar-refractivity contribution in [1.29, 1.82) is 5.26 Å². The van der Waals surface area contributed by atoms with Crippen LogP contribution in [0.25, 0.3) is 0 Å². The molecule has 2 aromatic rings. The second-order valence-corrected chi connectivity index (χ2v) is 8.26. The average Bonchev–Trinajstić information content (AvgIpc) is 3.11. The smallest absolute Gasteiger partial charge is 0.416 e. The average molecular weight is 464 g/mol. The molecule has 0 spiro atoms. The lowest BCUT2D eigenvalue weighted by Crippen LogP contribution is -2.37. The third-order valence-corrected chi connectivity index (χ3v) is 6.07. The topological polar surface area (TPSA) is 118 Å². The van der Waals surface area contributed by atoms with Gasteiger partial charge in [-0.25, -0.2) is 13.5 Å². The standard InChI is InChI=1S/C12H13ClF3NO3S.C6H4N2O/c13-9-5-8(12(14,15)16)1-2-10(9)21(20)17-4-3-11(19,6-17)7-18;7-3-5-1-2-6(9)4-8-5/h1-2,5,18-19H,3-4,6-7H2;1-2,4,9H. The van der Waals surface area contributed by atoms with Gasteiger partial charge in [0.2, 0.25) is 0 Å². The van der Waals surface area contributed by atoms with Crippen molar-refractivity contribution < 1.29 is 32.7 Å². The van der Waals surface area contributed by atoms with Crippen LogP contribution in [0.15, 0.2) is 41.4 Å². The summed E-state index contributed by atoms with van der Waals surface area (Å²) in [5.74, 6) is 0.0778. The predicted molar refractivity (Wildman–Crippen MR) is 102 cm³/mol. The summed E-state index contributed by atoms with van der Waals surface area (Å²) in [4.78, 5) is 3.63. The van der Waals surface area contributed by atoms with Crippen LogP contribution < -0.4 is 0 Å². The van der Waals surface area contributed by atoms with E-state index in [9.17, 15) is 22.5 Å². The van der Waals surface area contributed by atoms with Crippen LogP contribution in [-0.4, -0.2) is 54.1 Å². The Kier molecular flexibility index (Phi) is 7.79. The Morgan fingerprint density at radius 2 is 2.03 bits per heavy atom. The van der Waals surface area contributed by atoms with Gasteiger partial charge in [0.15, 0.2) is 0 Å². The maximum Gasteiger partial charge on any atom is 0.416 e. The summed E-state index contributed by atoms with van der Waals surface area (Å²) in [6.07, 6.45) is -3.06. The highest BCUT2D eigenvalue weighted by molar-refractivity contribution is 7.82. The lowest BCUT2D eigenvalue weighted by molar-refractivity contribution is -0.137. The van der Waals surface area contributed by atoms with Crippen molar-refractivity contribution >= 4 is 22.6 Å². The largest absolute Gasteiger partial charge is 0.506 e. The molecule has 0 amide bonds. The molecule has 0 saturated carbocycles. The third kappa shape index (κ3) is 6.13. The van der Waals surface area contributed by atoms with Crippen LogP contribution in [0.5, 0.6) is 5.75 Å². The zero-order valence-electron chi connectivity index (χ0n) is 15.3. The second-order valence-electron chi connectivity index (χ2n) is 6.40. The first-order valence-corrected chi connectivity index (χ1v) is 9.89.